The number of nitrogens with zero attached hydrogens (tertiary/aromatic N) is 1. The molecule has 0 fully saturated rings. The first-order valence-electron chi connectivity index (χ1n) is 11.5. The van der Waals surface area contributed by atoms with Gasteiger partial charge in [-0.1, -0.05) is 12.1 Å². The van der Waals surface area contributed by atoms with Crippen LogP contribution in [0.5, 0.6) is 23.0 Å². The Morgan fingerprint density at radius 2 is 1.89 bits per heavy atom. The van der Waals surface area contributed by atoms with Gasteiger partial charge in [-0.3, -0.25) is 14.6 Å². The number of fused-ring (bicyclic) bond motifs is 1. The predicted molar refractivity (Wildman–Crippen MR) is 129 cm³/mol. The highest BCUT2D eigenvalue weighted by molar-refractivity contribution is 5.98. The standard InChI is InChI=1S/C27H25F2NO8/c1-12-23(33)21-15(10-30-12)11-37-26(21)19-8-17(13(2)31)24(34)22(25(19)35)18(9-20(32)36-3)14-5-4-6-16(7-14)38-27(28)29/h4-8,10,18,26-27,33-35H,9,11H2,1-3H3. The third-order valence-corrected chi connectivity index (χ3v) is 6.46. The summed E-state index contributed by atoms with van der Waals surface area (Å²) in [6, 6.07) is 6.68. The Hall–Kier alpha value is -4.25. The molecule has 3 N–H and O–H groups in total. The van der Waals surface area contributed by atoms with Crippen molar-refractivity contribution in [3.8, 4) is 23.0 Å². The van der Waals surface area contributed by atoms with Gasteiger partial charge in [0, 0.05) is 34.4 Å². The number of Topliss-reactive ketones (excluding diaryl/α,β-unsaturated/α-hetero) is 1. The van der Waals surface area contributed by atoms with Crippen LogP contribution in [0.2, 0.25) is 0 Å². The molecule has 0 spiro atoms. The van der Waals surface area contributed by atoms with Crippen molar-refractivity contribution in [2.45, 2.75) is 45.5 Å². The van der Waals surface area contributed by atoms with E-state index >= 15 is 0 Å². The molecule has 0 bridgehead atoms. The maximum absolute atomic E-state index is 12.9. The first kappa shape index (κ1) is 26.8. The van der Waals surface area contributed by atoms with E-state index in [0.29, 0.717) is 16.8 Å². The average Bonchev–Trinajstić information content (AvgIpc) is 3.29. The first-order chi connectivity index (χ1) is 18.0. The van der Waals surface area contributed by atoms with Crippen LogP contribution in [0.4, 0.5) is 8.78 Å². The summed E-state index contributed by atoms with van der Waals surface area (Å²) in [4.78, 5) is 29.0. The average molecular weight is 529 g/mol. The Labute approximate surface area is 216 Å². The third kappa shape index (κ3) is 4.97. The van der Waals surface area contributed by atoms with Crippen molar-refractivity contribution in [3.63, 3.8) is 0 Å². The van der Waals surface area contributed by atoms with Crippen molar-refractivity contribution in [2.75, 3.05) is 7.11 Å². The highest BCUT2D eigenvalue weighted by Gasteiger charge is 2.36. The summed E-state index contributed by atoms with van der Waals surface area (Å²) in [5.74, 6) is -3.89. The molecule has 1 aliphatic rings. The minimum absolute atomic E-state index is 0.0532. The predicted octanol–water partition coefficient (Wildman–Crippen LogP) is 4.63. The molecule has 3 aromatic rings. The molecule has 0 aliphatic carbocycles. The van der Waals surface area contributed by atoms with Gasteiger partial charge < -0.3 is 29.5 Å². The van der Waals surface area contributed by atoms with E-state index in [0.717, 1.165) is 7.11 Å². The molecule has 1 aliphatic heterocycles. The molecule has 0 saturated carbocycles. The maximum atomic E-state index is 12.9. The Morgan fingerprint density at radius 1 is 1.16 bits per heavy atom. The van der Waals surface area contributed by atoms with Crippen LogP contribution in [-0.2, 0) is 20.9 Å². The number of rotatable bonds is 8. The molecule has 9 nitrogen and oxygen atoms in total. The Bertz CT molecular complexity index is 1410. The monoisotopic (exact) mass is 529 g/mol. The van der Waals surface area contributed by atoms with Gasteiger partial charge in [-0.25, -0.2) is 0 Å². The van der Waals surface area contributed by atoms with Crippen LogP contribution in [0.1, 0.15) is 69.2 Å². The van der Waals surface area contributed by atoms with E-state index in [4.69, 9.17) is 9.47 Å². The van der Waals surface area contributed by atoms with Crippen LogP contribution >= 0.6 is 0 Å². The molecule has 4 rings (SSSR count). The van der Waals surface area contributed by atoms with Crippen LogP contribution in [0, 0.1) is 6.92 Å². The number of hydrogen-bond donors (Lipinski definition) is 3. The quantitative estimate of drug-likeness (QED) is 0.282. The lowest BCUT2D eigenvalue weighted by atomic mass is 9.83. The second-order valence-electron chi connectivity index (χ2n) is 8.79. The van der Waals surface area contributed by atoms with E-state index in [1.165, 1.54) is 43.5 Å². The second-order valence-corrected chi connectivity index (χ2v) is 8.79. The molecule has 2 heterocycles. The van der Waals surface area contributed by atoms with Gasteiger partial charge in [0.25, 0.3) is 0 Å². The summed E-state index contributed by atoms with van der Waals surface area (Å²) in [7, 11) is 1.15. The zero-order valence-electron chi connectivity index (χ0n) is 20.7. The molecule has 1 aromatic heterocycles. The lowest BCUT2D eigenvalue weighted by Gasteiger charge is -2.25. The number of pyridine rings is 1. The van der Waals surface area contributed by atoms with E-state index < -0.39 is 48.3 Å². The SMILES string of the molecule is COC(=O)CC(c1cccc(OC(F)F)c1)c1c(O)c(C(C)=O)cc(C2OCc3cnc(C)c(O)c32)c1O. The number of methoxy groups -OCH3 is 1. The molecule has 0 radical (unpaired) electrons. The van der Waals surface area contributed by atoms with Gasteiger partial charge in [0.2, 0.25) is 0 Å². The number of alkyl halides is 2. The molecular formula is C27H25F2NO8. The number of hydrogen-bond acceptors (Lipinski definition) is 9. The van der Waals surface area contributed by atoms with Gasteiger partial charge in [0.1, 0.15) is 29.1 Å². The van der Waals surface area contributed by atoms with Crippen LogP contribution in [0.25, 0.3) is 0 Å². The van der Waals surface area contributed by atoms with Gasteiger partial charge in [-0.2, -0.15) is 8.78 Å². The van der Waals surface area contributed by atoms with E-state index in [9.17, 15) is 33.7 Å². The minimum atomic E-state index is -3.11. The van der Waals surface area contributed by atoms with Gasteiger partial charge in [-0.15, -0.1) is 0 Å². The zero-order valence-corrected chi connectivity index (χ0v) is 20.7. The number of ether oxygens (including phenoxy) is 3. The van der Waals surface area contributed by atoms with Crippen molar-refractivity contribution in [3.05, 3.63) is 75.6 Å². The summed E-state index contributed by atoms with van der Waals surface area (Å²) in [6.07, 6.45) is 0.0762. The Kier molecular flexibility index (Phi) is 7.49. The summed E-state index contributed by atoms with van der Waals surface area (Å²) in [6.45, 7) is -0.246. The van der Waals surface area contributed by atoms with Crippen LogP contribution in [0.3, 0.4) is 0 Å². The number of aryl methyl sites for hydroxylation is 1. The van der Waals surface area contributed by atoms with E-state index in [2.05, 4.69) is 9.72 Å². The van der Waals surface area contributed by atoms with Crippen molar-refractivity contribution >= 4 is 11.8 Å². The summed E-state index contributed by atoms with van der Waals surface area (Å²) in [5, 5.41) is 33.4. The maximum Gasteiger partial charge on any atom is 0.387 e. The fourth-order valence-electron chi connectivity index (χ4n) is 4.61. The third-order valence-electron chi connectivity index (χ3n) is 6.46. The van der Waals surface area contributed by atoms with Gasteiger partial charge >= 0.3 is 12.6 Å². The van der Waals surface area contributed by atoms with E-state index in [1.54, 1.807) is 6.92 Å². The Morgan fingerprint density at radius 3 is 2.55 bits per heavy atom. The molecule has 2 aromatic carbocycles. The number of benzene rings is 2. The Balaban J connectivity index is 1.96. The van der Waals surface area contributed by atoms with Crippen molar-refractivity contribution in [2.24, 2.45) is 0 Å². The van der Waals surface area contributed by atoms with Gasteiger partial charge in [0.05, 0.1) is 31.4 Å². The highest BCUT2D eigenvalue weighted by atomic mass is 19.3. The largest absolute Gasteiger partial charge is 0.507 e. The van der Waals surface area contributed by atoms with Crippen molar-refractivity contribution in [1.29, 1.82) is 0 Å². The number of aromatic nitrogens is 1. The van der Waals surface area contributed by atoms with Crippen LogP contribution in [0.15, 0.2) is 36.5 Å². The number of carbonyl (C=O) groups is 2. The van der Waals surface area contributed by atoms with Crippen LogP contribution in [-0.4, -0.2) is 45.8 Å². The molecule has 11 heteroatoms. The highest BCUT2D eigenvalue weighted by Crippen LogP contribution is 2.50. The van der Waals surface area contributed by atoms with Crippen molar-refractivity contribution < 1.29 is 47.9 Å². The molecule has 0 amide bonds. The summed E-state index contributed by atoms with van der Waals surface area (Å²) >= 11 is 0. The molecule has 0 saturated heterocycles. The molecule has 2 atom stereocenters. The van der Waals surface area contributed by atoms with E-state index in [1.807, 2.05) is 0 Å². The second kappa shape index (κ2) is 10.6. The molecule has 2 unspecified atom stereocenters. The number of phenolic OH excluding ortho intramolecular Hbond substituents is 2. The fourth-order valence-corrected chi connectivity index (χ4v) is 4.61. The number of halogens is 2. The van der Waals surface area contributed by atoms with E-state index in [-0.39, 0.29) is 40.4 Å². The van der Waals surface area contributed by atoms with Crippen LogP contribution < -0.4 is 4.74 Å². The zero-order chi connectivity index (χ0) is 27.7. The lowest BCUT2D eigenvalue weighted by molar-refractivity contribution is -0.140. The first-order valence-corrected chi connectivity index (χ1v) is 11.5. The van der Waals surface area contributed by atoms with Crippen molar-refractivity contribution in [1.82, 2.24) is 4.98 Å². The molecular weight excluding hydrogens is 504 g/mol. The number of ketones is 1. The smallest absolute Gasteiger partial charge is 0.387 e. The topological polar surface area (TPSA) is 135 Å². The normalized spacial score (nSPS) is 15.3. The minimum Gasteiger partial charge on any atom is -0.507 e. The summed E-state index contributed by atoms with van der Waals surface area (Å²) in [5.41, 5.74) is 1.12. The van der Waals surface area contributed by atoms with Gasteiger partial charge in [0.15, 0.2) is 5.78 Å². The number of carbonyl (C=O) groups excluding carboxylic acids is 2. The lowest BCUT2D eigenvalue weighted by Crippen LogP contribution is -2.14. The fraction of sp³-hybridized carbons (Fsp3) is 0.296. The number of phenols is 2. The number of aromatic hydroxyl groups is 3. The summed E-state index contributed by atoms with van der Waals surface area (Å²) < 4.78 is 40.9. The number of esters is 1. The van der Waals surface area contributed by atoms with Gasteiger partial charge in [-0.05, 0) is 37.6 Å². The molecule has 38 heavy (non-hydrogen) atoms. The molecule has 200 valence electrons.